The van der Waals surface area contributed by atoms with Crippen molar-refractivity contribution in [3.05, 3.63) is 88.4 Å². The Morgan fingerprint density at radius 3 is 2.40 bits per heavy atom. The monoisotopic (exact) mass is 686 g/mol. The number of amides is 1. The molecular weight excluding hydrogens is 644 g/mol. The molecule has 3 aromatic rings. The van der Waals surface area contributed by atoms with E-state index < -0.39 is 39.9 Å². The van der Waals surface area contributed by atoms with E-state index in [0.717, 1.165) is 30.4 Å². The number of carbonyl (C=O) groups excluding carboxylic acids is 2. The van der Waals surface area contributed by atoms with E-state index in [1.165, 1.54) is 30.3 Å². The van der Waals surface area contributed by atoms with E-state index in [-0.39, 0.29) is 40.7 Å². The Bertz CT molecular complexity index is 1630. The zero-order chi connectivity index (χ0) is 34.2. The summed E-state index contributed by atoms with van der Waals surface area (Å²) in [4.78, 5) is 27.3. The lowest BCUT2D eigenvalue weighted by molar-refractivity contribution is -0.192. The lowest BCUT2D eigenvalue weighted by atomic mass is 10.1. The predicted molar refractivity (Wildman–Crippen MR) is 179 cm³/mol. The van der Waals surface area contributed by atoms with Gasteiger partial charge in [0.2, 0.25) is 9.84 Å². The second-order valence-electron chi connectivity index (χ2n) is 12.3. The third-order valence-corrected chi connectivity index (χ3v) is 9.45. The van der Waals surface area contributed by atoms with Gasteiger partial charge in [0.15, 0.2) is 6.29 Å². The summed E-state index contributed by atoms with van der Waals surface area (Å²) in [5.41, 5.74) is 6.90. The van der Waals surface area contributed by atoms with Gasteiger partial charge in [-0.2, -0.15) is 0 Å². The van der Waals surface area contributed by atoms with Crippen LogP contribution >= 0.6 is 11.6 Å². The molecular formula is C35H43ClN2O8S. The SMILES string of the molecule is CCOC(=O)c1cc(S(=O)(=O)c2ccc(CCN(C[C@@H](OC3CCCCO3)c3cccc(Cl)c3)C(=O)OC(C)(C)C)cc2)ccc1N. The minimum Gasteiger partial charge on any atom is -0.462 e. The fourth-order valence-corrected chi connectivity index (χ4v) is 6.53. The first-order chi connectivity index (χ1) is 22.3. The molecule has 1 aliphatic rings. The Labute approximate surface area is 282 Å². The van der Waals surface area contributed by atoms with Crippen LogP contribution < -0.4 is 5.73 Å². The first-order valence-electron chi connectivity index (χ1n) is 15.7. The molecule has 1 aliphatic heterocycles. The van der Waals surface area contributed by atoms with Crippen LogP contribution in [0, 0.1) is 0 Å². The number of hydrogen-bond acceptors (Lipinski definition) is 9. The van der Waals surface area contributed by atoms with E-state index in [1.54, 1.807) is 50.8 Å². The zero-order valence-electron chi connectivity index (χ0n) is 27.2. The highest BCUT2D eigenvalue weighted by Crippen LogP contribution is 2.29. The number of ether oxygens (including phenoxy) is 4. The smallest absolute Gasteiger partial charge is 0.410 e. The van der Waals surface area contributed by atoms with Crippen molar-refractivity contribution in [1.82, 2.24) is 4.90 Å². The van der Waals surface area contributed by atoms with Crippen LogP contribution in [0.1, 0.15) is 74.5 Å². The minimum atomic E-state index is -3.96. The second-order valence-corrected chi connectivity index (χ2v) is 14.7. The van der Waals surface area contributed by atoms with Gasteiger partial charge in [0.1, 0.15) is 11.7 Å². The summed E-state index contributed by atoms with van der Waals surface area (Å²) >= 11 is 6.32. The Hall–Kier alpha value is -3.64. The third-order valence-electron chi connectivity index (χ3n) is 7.45. The molecule has 0 saturated carbocycles. The van der Waals surface area contributed by atoms with Gasteiger partial charge in [-0.1, -0.05) is 35.9 Å². The minimum absolute atomic E-state index is 0.0121. The van der Waals surface area contributed by atoms with E-state index in [0.29, 0.717) is 18.1 Å². The molecule has 2 atom stereocenters. The Kier molecular flexibility index (Phi) is 12.3. The summed E-state index contributed by atoms with van der Waals surface area (Å²) in [6, 6.07) is 17.7. The van der Waals surface area contributed by atoms with Gasteiger partial charge in [-0.25, -0.2) is 18.0 Å². The quantitative estimate of drug-likeness (QED) is 0.158. The topological polar surface area (TPSA) is 134 Å². The van der Waals surface area contributed by atoms with Gasteiger partial charge in [0.25, 0.3) is 0 Å². The van der Waals surface area contributed by atoms with Crippen molar-refractivity contribution in [2.24, 2.45) is 0 Å². The number of nitrogens with zero attached hydrogens (tertiary/aromatic N) is 1. The number of sulfone groups is 1. The molecule has 1 unspecified atom stereocenters. The van der Waals surface area contributed by atoms with Gasteiger partial charge in [0, 0.05) is 23.9 Å². The van der Waals surface area contributed by atoms with Gasteiger partial charge >= 0.3 is 12.1 Å². The molecule has 254 valence electrons. The van der Waals surface area contributed by atoms with E-state index in [9.17, 15) is 18.0 Å². The van der Waals surface area contributed by atoms with Crippen molar-refractivity contribution in [3.63, 3.8) is 0 Å². The standard InChI is InChI=1S/C35H43ClN2O8S/c1-5-43-33(39)29-22-28(16-17-30(29)37)47(41,42)27-14-12-24(13-15-27)18-19-38(34(40)46-35(2,3)4)23-31(25-9-8-10-26(36)21-25)45-32-11-6-7-20-44-32/h8-10,12-17,21-22,31-32H,5-7,11,18-20,23,37H2,1-4H3/t31-,32?/m1/s1. The zero-order valence-corrected chi connectivity index (χ0v) is 28.8. The molecule has 3 aromatic carbocycles. The maximum absolute atomic E-state index is 13.5. The summed E-state index contributed by atoms with van der Waals surface area (Å²) in [6.45, 7) is 8.26. The molecule has 10 nitrogen and oxygen atoms in total. The fourth-order valence-electron chi connectivity index (χ4n) is 5.04. The molecule has 12 heteroatoms. The molecule has 0 bridgehead atoms. The molecule has 47 heavy (non-hydrogen) atoms. The van der Waals surface area contributed by atoms with Gasteiger partial charge in [-0.15, -0.1) is 0 Å². The van der Waals surface area contributed by atoms with Crippen LogP contribution in [0.15, 0.2) is 76.5 Å². The van der Waals surface area contributed by atoms with Crippen LogP contribution in [-0.2, 0) is 35.2 Å². The molecule has 0 spiro atoms. The average molecular weight is 687 g/mol. The van der Waals surface area contributed by atoms with Gasteiger partial charge < -0.3 is 29.6 Å². The largest absolute Gasteiger partial charge is 0.462 e. The van der Waals surface area contributed by atoms with Crippen molar-refractivity contribution >= 4 is 39.2 Å². The van der Waals surface area contributed by atoms with Crippen LogP contribution in [0.4, 0.5) is 10.5 Å². The van der Waals surface area contributed by atoms with Crippen LogP contribution in [-0.4, -0.2) is 63.6 Å². The number of anilines is 1. The summed E-state index contributed by atoms with van der Waals surface area (Å²) in [7, 11) is -3.96. The van der Waals surface area contributed by atoms with Crippen molar-refractivity contribution in [1.29, 1.82) is 0 Å². The fraction of sp³-hybridized carbons (Fsp3) is 0.429. The lowest BCUT2D eigenvalue weighted by Gasteiger charge is -2.33. The highest BCUT2D eigenvalue weighted by Gasteiger charge is 2.29. The second kappa shape index (κ2) is 16.0. The van der Waals surface area contributed by atoms with Crippen LogP contribution in [0.5, 0.6) is 0 Å². The van der Waals surface area contributed by atoms with Gasteiger partial charge in [-0.05, 0) is 107 Å². The van der Waals surface area contributed by atoms with Crippen molar-refractivity contribution in [2.45, 2.75) is 81.2 Å². The normalized spacial score (nSPS) is 15.9. The maximum Gasteiger partial charge on any atom is 0.410 e. The van der Waals surface area contributed by atoms with Crippen LogP contribution in [0.3, 0.4) is 0 Å². The molecule has 1 saturated heterocycles. The van der Waals surface area contributed by atoms with Crippen LogP contribution in [0.25, 0.3) is 0 Å². The molecule has 4 rings (SSSR count). The van der Waals surface area contributed by atoms with Crippen LogP contribution in [0.2, 0.25) is 5.02 Å². The number of esters is 1. The van der Waals surface area contributed by atoms with E-state index in [4.69, 9.17) is 36.3 Å². The van der Waals surface area contributed by atoms with Crippen molar-refractivity contribution in [3.8, 4) is 0 Å². The number of nitrogen functional groups attached to an aromatic ring is 1. The summed E-state index contributed by atoms with van der Waals surface area (Å²) in [5, 5.41) is 0.551. The molecule has 1 heterocycles. The Morgan fingerprint density at radius 1 is 1.04 bits per heavy atom. The van der Waals surface area contributed by atoms with E-state index in [1.807, 2.05) is 18.2 Å². The Morgan fingerprint density at radius 2 is 1.77 bits per heavy atom. The highest BCUT2D eigenvalue weighted by atomic mass is 35.5. The molecule has 0 radical (unpaired) electrons. The number of hydrogen-bond donors (Lipinski definition) is 1. The summed E-state index contributed by atoms with van der Waals surface area (Å²) in [6.07, 6.45) is 1.68. The van der Waals surface area contributed by atoms with E-state index in [2.05, 4.69) is 0 Å². The highest BCUT2D eigenvalue weighted by molar-refractivity contribution is 7.91. The number of carbonyl (C=O) groups is 2. The summed E-state index contributed by atoms with van der Waals surface area (Å²) < 4.78 is 49.9. The van der Waals surface area contributed by atoms with Gasteiger partial charge in [-0.3, -0.25) is 0 Å². The van der Waals surface area contributed by atoms with Crippen molar-refractivity contribution in [2.75, 3.05) is 32.0 Å². The maximum atomic E-state index is 13.5. The number of nitrogens with two attached hydrogens (primary N) is 1. The lowest BCUT2D eigenvalue weighted by Crippen LogP contribution is -2.41. The predicted octanol–water partition coefficient (Wildman–Crippen LogP) is 7.00. The molecule has 0 aliphatic carbocycles. The molecule has 0 aromatic heterocycles. The first-order valence-corrected chi connectivity index (χ1v) is 17.5. The summed E-state index contributed by atoms with van der Waals surface area (Å²) in [5.74, 6) is -0.693. The van der Waals surface area contributed by atoms with E-state index >= 15 is 0 Å². The Balaban J connectivity index is 1.54. The molecule has 1 amide bonds. The third kappa shape index (κ3) is 10.2. The van der Waals surface area contributed by atoms with Crippen molar-refractivity contribution < 1.29 is 37.0 Å². The number of benzene rings is 3. The molecule has 1 fully saturated rings. The average Bonchev–Trinajstić information content (AvgIpc) is 3.02. The number of rotatable bonds is 12. The van der Waals surface area contributed by atoms with Gasteiger partial charge in [0.05, 0.1) is 28.5 Å². The first kappa shape index (κ1) is 36.2. The number of halogens is 1. The molecule has 2 N–H and O–H groups in total.